The molecule has 0 atom stereocenters. The van der Waals surface area contributed by atoms with Gasteiger partial charge in [-0.25, -0.2) is 0 Å². The molecule has 1 saturated heterocycles. The van der Waals surface area contributed by atoms with Gasteiger partial charge in [0.15, 0.2) is 6.04 Å². The van der Waals surface area contributed by atoms with E-state index in [4.69, 9.17) is 11.5 Å². The van der Waals surface area contributed by atoms with Crippen LogP contribution < -0.4 is 21.7 Å². The number of primary amides is 2. The van der Waals surface area contributed by atoms with Crippen LogP contribution in [-0.2, 0) is 14.4 Å². The number of rotatable bonds is 5. The number of nitrogens with two attached hydrogens (primary N) is 2. The standard InChI is InChI=1S/C14H16N4O4/c15-12(20)11(13(16)21)17-14(22)8-3-1-4-9(7-8)18-6-2-5-10(18)19/h1,3-4,7,11H,2,5-6H2,(H2,15,20)(H2,16,21)(H,17,22). The van der Waals surface area contributed by atoms with Crippen LogP contribution in [0.4, 0.5) is 5.69 Å². The summed E-state index contributed by atoms with van der Waals surface area (Å²) in [4.78, 5) is 47.5. The Morgan fingerprint density at radius 1 is 1.18 bits per heavy atom. The Balaban J connectivity index is 2.18. The predicted molar refractivity (Wildman–Crippen MR) is 77.7 cm³/mol. The number of nitrogens with zero attached hydrogens (tertiary/aromatic N) is 1. The molecular weight excluding hydrogens is 288 g/mol. The molecule has 0 radical (unpaired) electrons. The monoisotopic (exact) mass is 304 g/mol. The van der Waals surface area contributed by atoms with Crippen molar-refractivity contribution in [2.24, 2.45) is 11.5 Å². The van der Waals surface area contributed by atoms with Crippen molar-refractivity contribution < 1.29 is 19.2 Å². The Morgan fingerprint density at radius 2 is 1.86 bits per heavy atom. The third kappa shape index (κ3) is 3.22. The molecule has 8 heteroatoms. The quantitative estimate of drug-likeness (QED) is 0.594. The van der Waals surface area contributed by atoms with Crippen LogP contribution in [0.15, 0.2) is 24.3 Å². The molecule has 1 fully saturated rings. The molecular formula is C14H16N4O4. The molecule has 8 nitrogen and oxygen atoms in total. The van der Waals surface area contributed by atoms with Crippen molar-refractivity contribution in [2.75, 3.05) is 11.4 Å². The highest BCUT2D eigenvalue weighted by Gasteiger charge is 2.25. The van der Waals surface area contributed by atoms with Gasteiger partial charge in [-0.15, -0.1) is 0 Å². The highest BCUT2D eigenvalue weighted by molar-refractivity contribution is 6.08. The molecule has 116 valence electrons. The van der Waals surface area contributed by atoms with Crippen LogP contribution in [0.3, 0.4) is 0 Å². The first-order valence-electron chi connectivity index (χ1n) is 6.70. The fourth-order valence-corrected chi connectivity index (χ4v) is 2.23. The molecule has 1 aliphatic rings. The first-order chi connectivity index (χ1) is 10.4. The molecule has 22 heavy (non-hydrogen) atoms. The molecule has 1 aliphatic heterocycles. The summed E-state index contributed by atoms with van der Waals surface area (Å²) in [5.41, 5.74) is 10.8. The minimum Gasteiger partial charge on any atom is -0.367 e. The first kappa shape index (κ1) is 15.5. The highest BCUT2D eigenvalue weighted by atomic mass is 16.2. The normalized spacial score (nSPS) is 14.2. The highest BCUT2D eigenvalue weighted by Crippen LogP contribution is 2.22. The maximum Gasteiger partial charge on any atom is 0.252 e. The van der Waals surface area contributed by atoms with Crippen molar-refractivity contribution in [2.45, 2.75) is 18.9 Å². The molecule has 0 aromatic heterocycles. The Kier molecular flexibility index (Phi) is 4.40. The number of anilines is 1. The topological polar surface area (TPSA) is 136 Å². The predicted octanol–water partition coefficient (Wildman–Crippen LogP) is -1.12. The lowest BCUT2D eigenvalue weighted by Gasteiger charge is -2.17. The number of nitrogens with one attached hydrogen (secondary N) is 1. The van der Waals surface area contributed by atoms with Gasteiger partial charge in [0.1, 0.15) is 0 Å². The van der Waals surface area contributed by atoms with Gasteiger partial charge >= 0.3 is 0 Å². The van der Waals surface area contributed by atoms with Crippen LogP contribution in [-0.4, -0.2) is 36.2 Å². The van der Waals surface area contributed by atoms with E-state index in [1.165, 1.54) is 12.1 Å². The number of hydrogen-bond donors (Lipinski definition) is 3. The zero-order valence-corrected chi connectivity index (χ0v) is 11.7. The molecule has 2 rings (SSSR count). The zero-order chi connectivity index (χ0) is 16.3. The van der Waals surface area contributed by atoms with Crippen LogP contribution in [0.5, 0.6) is 0 Å². The number of hydrogen-bond acceptors (Lipinski definition) is 4. The maximum absolute atomic E-state index is 12.1. The summed E-state index contributed by atoms with van der Waals surface area (Å²) < 4.78 is 0. The van der Waals surface area contributed by atoms with E-state index in [1.54, 1.807) is 17.0 Å². The Morgan fingerprint density at radius 3 is 2.41 bits per heavy atom. The van der Waals surface area contributed by atoms with Crippen LogP contribution in [0.1, 0.15) is 23.2 Å². The number of benzene rings is 1. The van der Waals surface area contributed by atoms with Gasteiger partial charge in [0.25, 0.3) is 5.91 Å². The van der Waals surface area contributed by atoms with E-state index in [0.29, 0.717) is 18.7 Å². The van der Waals surface area contributed by atoms with Gasteiger partial charge < -0.3 is 21.7 Å². The van der Waals surface area contributed by atoms with Gasteiger partial charge in [0.2, 0.25) is 17.7 Å². The van der Waals surface area contributed by atoms with Crippen molar-refractivity contribution in [3.05, 3.63) is 29.8 Å². The van der Waals surface area contributed by atoms with Crippen molar-refractivity contribution in [3.8, 4) is 0 Å². The van der Waals surface area contributed by atoms with E-state index >= 15 is 0 Å². The third-order valence-electron chi connectivity index (χ3n) is 3.34. The largest absolute Gasteiger partial charge is 0.367 e. The first-order valence-corrected chi connectivity index (χ1v) is 6.70. The van der Waals surface area contributed by atoms with Crippen LogP contribution >= 0.6 is 0 Å². The second kappa shape index (κ2) is 6.25. The van der Waals surface area contributed by atoms with Gasteiger partial charge in [0, 0.05) is 24.2 Å². The van der Waals surface area contributed by atoms with E-state index in [1.807, 2.05) is 0 Å². The van der Waals surface area contributed by atoms with E-state index in [-0.39, 0.29) is 11.5 Å². The molecule has 0 spiro atoms. The minimum atomic E-state index is -1.58. The van der Waals surface area contributed by atoms with Gasteiger partial charge in [-0.3, -0.25) is 19.2 Å². The van der Waals surface area contributed by atoms with Crippen molar-refractivity contribution in [1.29, 1.82) is 0 Å². The van der Waals surface area contributed by atoms with Gasteiger partial charge in [-0.1, -0.05) is 6.07 Å². The number of amides is 4. The molecule has 0 saturated carbocycles. The van der Waals surface area contributed by atoms with Crippen molar-refractivity contribution in [1.82, 2.24) is 5.32 Å². The molecule has 1 aromatic rings. The lowest BCUT2D eigenvalue weighted by atomic mass is 10.1. The van der Waals surface area contributed by atoms with Crippen LogP contribution in [0, 0.1) is 0 Å². The molecule has 5 N–H and O–H groups in total. The van der Waals surface area contributed by atoms with Crippen molar-refractivity contribution in [3.63, 3.8) is 0 Å². The van der Waals surface area contributed by atoms with E-state index in [2.05, 4.69) is 5.32 Å². The summed E-state index contributed by atoms with van der Waals surface area (Å²) in [6.45, 7) is 0.592. The van der Waals surface area contributed by atoms with Gasteiger partial charge in [0.05, 0.1) is 0 Å². The number of carbonyl (C=O) groups excluding carboxylic acids is 4. The van der Waals surface area contributed by atoms with E-state index in [0.717, 1.165) is 6.42 Å². The van der Waals surface area contributed by atoms with Crippen LogP contribution in [0.2, 0.25) is 0 Å². The molecule has 1 heterocycles. The molecule has 0 bridgehead atoms. The summed E-state index contributed by atoms with van der Waals surface area (Å²) in [6, 6.07) is 4.75. The average molecular weight is 304 g/mol. The third-order valence-corrected chi connectivity index (χ3v) is 3.34. The van der Waals surface area contributed by atoms with Crippen molar-refractivity contribution >= 4 is 29.3 Å². The van der Waals surface area contributed by atoms with E-state index in [9.17, 15) is 19.2 Å². The second-order valence-corrected chi connectivity index (χ2v) is 4.91. The molecule has 4 amide bonds. The molecule has 0 aliphatic carbocycles. The second-order valence-electron chi connectivity index (χ2n) is 4.91. The molecule has 1 aromatic carbocycles. The lowest BCUT2D eigenvalue weighted by Crippen LogP contribution is -2.52. The number of carbonyl (C=O) groups is 4. The Bertz CT molecular complexity index is 629. The zero-order valence-electron chi connectivity index (χ0n) is 11.7. The maximum atomic E-state index is 12.1. The lowest BCUT2D eigenvalue weighted by molar-refractivity contribution is -0.128. The van der Waals surface area contributed by atoms with Gasteiger partial charge in [-0.2, -0.15) is 0 Å². The average Bonchev–Trinajstić information content (AvgIpc) is 2.90. The molecule has 0 unspecified atom stereocenters. The fourth-order valence-electron chi connectivity index (χ4n) is 2.23. The summed E-state index contributed by atoms with van der Waals surface area (Å²) in [7, 11) is 0. The Labute approximate surface area is 126 Å². The fraction of sp³-hybridized carbons (Fsp3) is 0.286. The van der Waals surface area contributed by atoms with E-state index < -0.39 is 23.8 Å². The minimum absolute atomic E-state index is 0.00953. The van der Waals surface area contributed by atoms with Crippen LogP contribution in [0.25, 0.3) is 0 Å². The summed E-state index contributed by atoms with van der Waals surface area (Å²) in [6.07, 6.45) is 1.24. The smallest absolute Gasteiger partial charge is 0.252 e. The summed E-state index contributed by atoms with van der Waals surface area (Å²) >= 11 is 0. The SMILES string of the molecule is NC(=O)C(NC(=O)c1cccc(N2CCCC2=O)c1)C(N)=O. The Hall–Kier alpha value is -2.90. The summed E-state index contributed by atoms with van der Waals surface area (Å²) in [5, 5.41) is 2.17. The summed E-state index contributed by atoms with van der Waals surface area (Å²) in [5.74, 6) is -2.75. The van der Waals surface area contributed by atoms with Gasteiger partial charge in [-0.05, 0) is 24.6 Å².